The van der Waals surface area contributed by atoms with Crippen molar-refractivity contribution in [3.05, 3.63) is 64.5 Å². The zero-order valence-corrected chi connectivity index (χ0v) is 11.3. The highest BCUT2D eigenvalue weighted by atomic mass is 19.1. The molecular formula is C16H16FNO. The summed E-state index contributed by atoms with van der Waals surface area (Å²) in [6.45, 7) is 5.92. The minimum absolute atomic E-state index is 0.0557. The molecule has 3 heteroatoms. The Bertz CT molecular complexity index is 635. The maximum Gasteiger partial charge on any atom is 0.258 e. The van der Waals surface area contributed by atoms with Crippen molar-refractivity contribution in [3.8, 4) is 0 Å². The van der Waals surface area contributed by atoms with Gasteiger partial charge in [0.1, 0.15) is 5.82 Å². The Balaban J connectivity index is 2.30. The highest BCUT2D eigenvalue weighted by Crippen LogP contribution is 2.21. The first kappa shape index (κ1) is 13.3. The van der Waals surface area contributed by atoms with Crippen molar-refractivity contribution < 1.29 is 9.18 Å². The van der Waals surface area contributed by atoms with Gasteiger partial charge in [0, 0.05) is 5.69 Å². The SMILES string of the molecule is Cc1cc(C)c(NC(=O)c2ccccc2F)cc1C. The summed E-state index contributed by atoms with van der Waals surface area (Å²) in [5.41, 5.74) is 4.00. The molecule has 2 aromatic carbocycles. The molecule has 0 atom stereocenters. The van der Waals surface area contributed by atoms with Crippen LogP contribution in [0.3, 0.4) is 0 Å². The molecule has 0 saturated heterocycles. The third-order valence-electron chi connectivity index (χ3n) is 3.21. The predicted octanol–water partition coefficient (Wildman–Crippen LogP) is 4.00. The molecule has 0 saturated carbocycles. The van der Waals surface area contributed by atoms with Gasteiger partial charge in [-0.25, -0.2) is 4.39 Å². The number of rotatable bonds is 2. The molecular weight excluding hydrogens is 241 g/mol. The second-order valence-electron chi connectivity index (χ2n) is 4.69. The molecule has 1 amide bonds. The molecule has 0 fully saturated rings. The largest absolute Gasteiger partial charge is 0.322 e. The number of nitrogens with one attached hydrogen (secondary N) is 1. The van der Waals surface area contributed by atoms with Crippen LogP contribution >= 0.6 is 0 Å². The number of hydrogen-bond acceptors (Lipinski definition) is 1. The van der Waals surface area contributed by atoms with Crippen molar-refractivity contribution in [2.45, 2.75) is 20.8 Å². The Morgan fingerprint density at radius 2 is 1.63 bits per heavy atom. The molecule has 0 aromatic heterocycles. The molecule has 0 radical (unpaired) electrons. The molecule has 0 unspecified atom stereocenters. The molecule has 0 spiro atoms. The molecule has 2 aromatic rings. The maximum atomic E-state index is 13.5. The summed E-state index contributed by atoms with van der Waals surface area (Å²) in [6.07, 6.45) is 0. The first-order valence-electron chi connectivity index (χ1n) is 6.13. The number of benzene rings is 2. The quantitative estimate of drug-likeness (QED) is 0.865. The van der Waals surface area contributed by atoms with E-state index in [1.54, 1.807) is 12.1 Å². The third kappa shape index (κ3) is 2.81. The van der Waals surface area contributed by atoms with Gasteiger partial charge in [-0.2, -0.15) is 0 Å². The fraction of sp³-hybridized carbons (Fsp3) is 0.188. The van der Waals surface area contributed by atoms with E-state index in [0.29, 0.717) is 0 Å². The molecule has 0 heterocycles. The van der Waals surface area contributed by atoms with Crippen LogP contribution in [0.4, 0.5) is 10.1 Å². The molecule has 2 nitrogen and oxygen atoms in total. The summed E-state index contributed by atoms with van der Waals surface area (Å²) in [6, 6.07) is 9.87. The van der Waals surface area contributed by atoms with E-state index < -0.39 is 11.7 Å². The average molecular weight is 257 g/mol. The normalized spacial score (nSPS) is 10.3. The lowest BCUT2D eigenvalue weighted by atomic mass is 10.0. The Kier molecular flexibility index (Phi) is 3.65. The molecule has 2 rings (SSSR count). The molecule has 0 bridgehead atoms. The second-order valence-corrected chi connectivity index (χ2v) is 4.69. The Morgan fingerprint density at radius 1 is 1.00 bits per heavy atom. The molecule has 98 valence electrons. The summed E-state index contributed by atoms with van der Waals surface area (Å²) < 4.78 is 13.5. The van der Waals surface area contributed by atoms with E-state index >= 15 is 0 Å². The van der Waals surface area contributed by atoms with Crippen LogP contribution in [0.15, 0.2) is 36.4 Å². The van der Waals surface area contributed by atoms with Gasteiger partial charge in [-0.05, 0) is 55.7 Å². The highest BCUT2D eigenvalue weighted by Gasteiger charge is 2.12. The zero-order chi connectivity index (χ0) is 14.0. The van der Waals surface area contributed by atoms with E-state index in [1.807, 2.05) is 32.9 Å². The van der Waals surface area contributed by atoms with Crippen LogP contribution in [0.1, 0.15) is 27.0 Å². The van der Waals surface area contributed by atoms with Crippen LogP contribution in [-0.4, -0.2) is 5.91 Å². The molecule has 0 aliphatic rings. The second kappa shape index (κ2) is 5.22. The van der Waals surface area contributed by atoms with Gasteiger partial charge in [-0.3, -0.25) is 4.79 Å². The number of hydrogen-bond donors (Lipinski definition) is 1. The number of amides is 1. The average Bonchev–Trinajstić information content (AvgIpc) is 2.36. The van der Waals surface area contributed by atoms with Crippen molar-refractivity contribution >= 4 is 11.6 Å². The standard InChI is InChI=1S/C16H16FNO/c1-10-8-12(3)15(9-11(10)2)18-16(19)13-6-4-5-7-14(13)17/h4-9H,1-3H3,(H,18,19). The van der Waals surface area contributed by atoms with Crippen LogP contribution in [-0.2, 0) is 0 Å². The Hall–Kier alpha value is -2.16. The van der Waals surface area contributed by atoms with Gasteiger partial charge < -0.3 is 5.32 Å². The predicted molar refractivity (Wildman–Crippen MR) is 75.0 cm³/mol. The minimum Gasteiger partial charge on any atom is -0.322 e. The first-order valence-corrected chi connectivity index (χ1v) is 6.13. The van der Waals surface area contributed by atoms with Crippen molar-refractivity contribution in [1.29, 1.82) is 0 Å². The number of carbonyl (C=O) groups is 1. The van der Waals surface area contributed by atoms with Crippen LogP contribution in [0.2, 0.25) is 0 Å². The molecule has 1 N–H and O–H groups in total. The van der Waals surface area contributed by atoms with E-state index in [1.165, 1.54) is 17.7 Å². The lowest BCUT2D eigenvalue weighted by Crippen LogP contribution is -2.14. The van der Waals surface area contributed by atoms with Gasteiger partial charge in [0.2, 0.25) is 0 Å². The Morgan fingerprint density at radius 3 is 2.32 bits per heavy atom. The number of aryl methyl sites for hydroxylation is 3. The molecule has 0 aliphatic heterocycles. The fourth-order valence-corrected chi connectivity index (χ4v) is 1.93. The van der Waals surface area contributed by atoms with E-state index in [4.69, 9.17) is 0 Å². The van der Waals surface area contributed by atoms with Crippen LogP contribution < -0.4 is 5.32 Å². The van der Waals surface area contributed by atoms with Gasteiger partial charge in [0.15, 0.2) is 0 Å². The van der Waals surface area contributed by atoms with Crippen molar-refractivity contribution in [2.75, 3.05) is 5.32 Å². The van der Waals surface area contributed by atoms with E-state index in [2.05, 4.69) is 5.32 Å². The van der Waals surface area contributed by atoms with Crippen LogP contribution in [0, 0.1) is 26.6 Å². The van der Waals surface area contributed by atoms with E-state index in [9.17, 15) is 9.18 Å². The zero-order valence-electron chi connectivity index (χ0n) is 11.3. The Labute approximate surface area is 112 Å². The summed E-state index contributed by atoms with van der Waals surface area (Å²) in [7, 11) is 0. The monoisotopic (exact) mass is 257 g/mol. The van der Waals surface area contributed by atoms with Crippen LogP contribution in [0.5, 0.6) is 0 Å². The summed E-state index contributed by atoms with van der Waals surface area (Å²) in [5, 5.41) is 2.76. The lowest BCUT2D eigenvalue weighted by Gasteiger charge is -2.11. The smallest absolute Gasteiger partial charge is 0.258 e. The minimum atomic E-state index is -0.513. The fourth-order valence-electron chi connectivity index (χ4n) is 1.93. The van der Waals surface area contributed by atoms with Crippen molar-refractivity contribution in [1.82, 2.24) is 0 Å². The van der Waals surface area contributed by atoms with Crippen molar-refractivity contribution in [2.24, 2.45) is 0 Å². The summed E-state index contributed by atoms with van der Waals surface area (Å²) >= 11 is 0. The highest BCUT2D eigenvalue weighted by molar-refractivity contribution is 6.04. The first-order chi connectivity index (χ1) is 8.99. The number of carbonyl (C=O) groups excluding carboxylic acids is 1. The van der Waals surface area contributed by atoms with Gasteiger partial charge in [-0.1, -0.05) is 18.2 Å². The third-order valence-corrected chi connectivity index (χ3v) is 3.21. The van der Waals surface area contributed by atoms with Gasteiger partial charge >= 0.3 is 0 Å². The lowest BCUT2D eigenvalue weighted by molar-refractivity contribution is 0.102. The van der Waals surface area contributed by atoms with Gasteiger partial charge in [-0.15, -0.1) is 0 Å². The van der Waals surface area contributed by atoms with Crippen LogP contribution in [0.25, 0.3) is 0 Å². The molecule has 0 aliphatic carbocycles. The van der Waals surface area contributed by atoms with E-state index in [-0.39, 0.29) is 5.56 Å². The maximum absolute atomic E-state index is 13.5. The summed E-state index contributed by atoms with van der Waals surface area (Å²) in [4.78, 5) is 12.0. The number of halogens is 1. The molecule has 19 heavy (non-hydrogen) atoms. The topological polar surface area (TPSA) is 29.1 Å². The van der Waals surface area contributed by atoms with Crippen molar-refractivity contribution in [3.63, 3.8) is 0 Å². The van der Waals surface area contributed by atoms with Gasteiger partial charge in [0.25, 0.3) is 5.91 Å². The number of anilines is 1. The van der Waals surface area contributed by atoms with Gasteiger partial charge in [0.05, 0.1) is 5.56 Å². The summed E-state index contributed by atoms with van der Waals surface area (Å²) in [5.74, 6) is -0.939. The van der Waals surface area contributed by atoms with E-state index in [0.717, 1.165) is 16.8 Å².